The van der Waals surface area contributed by atoms with Crippen LogP contribution >= 0.6 is 0 Å². The van der Waals surface area contributed by atoms with Crippen molar-refractivity contribution in [2.45, 2.75) is 38.3 Å². The molecule has 0 amide bonds. The lowest BCUT2D eigenvalue weighted by Crippen LogP contribution is -2.43. The van der Waals surface area contributed by atoms with Gasteiger partial charge in [0, 0.05) is 30.6 Å². The number of aromatic nitrogens is 2. The third-order valence-electron chi connectivity index (χ3n) is 5.17. The lowest BCUT2D eigenvalue weighted by molar-refractivity contribution is 0.334. The molecule has 0 aliphatic heterocycles. The summed E-state index contributed by atoms with van der Waals surface area (Å²) in [6.45, 7) is 4.78. The number of aryl methyl sites for hydroxylation is 1. The topological polar surface area (TPSA) is 104 Å². The number of hydrogen-bond donors (Lipinski definition) is 3. The van der Waals surface area contributed by atoms with Crippen LogP contribution in [0, 0.1) is 5.82 Å². The summed E-state index contributed by atoms with van der Waals surface area (Å²) in [6, 6.07) is 11.4. The number of hydrogen-bond acceptors (Lipinski definition) is 5. The number of fused-ring (bicyclic) bond motifs is 1. The van der Waals surface area contributed by atoms with Crippen LogP contribution in [0.15, 0.2) is 48.8 Å². The fraction of sp³-hybridized carbons (Fsp3) is 0.381. The number of nitrogens with zero attached hydrogens (tertiary/aromatic N) is 2. The summed E-state index contributed by atoms with van der Waals surface area (Å²) in [4.78, 5) is 4.38. The molecule has 3 aromatic rings. The van der Waals surface area contributed by atoms with Crippen LogP contribution in [0.4, 0.5) is 4.39 Å². The molecule has 0 spiro atoms. The SMILES string of the molecule is CC(C)(CCn1cnc2ccccc21)NCC(CS(=O)(=O)O)c1ccc(O)cc1F. The van der Waals surface area contributed by atoms with E-state index in [1.54, 1.807) is 6.33 Å². The largest absolute Gasteiger partial charge is 0.508 e. The lowest BCUT2D eigenvalue weighted by atomic mass is 9.96. The minimum absolute atomic E-state index is 0.120. The van der Waals surface area contributed by atoms with Crippen LogP contribution in [0.5, 0.6) is 5.75 Å². The van der Waals surface area contributed by atoms with E-state index in [4.69, 9.17) is 0 Å². The molecule has 0 saturated carbocycles. The van der Waals surface area contributed by atoms with E-state index in [2.05, 4.69) is 10.3 Å². The first kappa shape index (κ1) is 22.2. The predicted octanol–water partition coefficient (Wildman–Crippen LogP) is 3.31. The van der Waals surface area contributed by atoms with E-state index < -0.39 is 33.1 Å². The molecule has 3 rings (SSSR count). The second-order valence-corrected chi connectivity index (χ2v) is 9.59. The second kappa shape index (κ2) is 8.71. The molecule has 162 valence electrons. The molecule has 2 aromatic carbocycles. The number of halogens is 1. The van der Waals surface area contributed by atoms with E-state index in [0.717, 1.165) is 17.1 Å². The number of rotatable bonds is 9. The zero-order chi connectivity index (χ0) is 21.9. The minimum Gasteiger partial charge on any atom is -0.508 e. The Bertz CT molecular complexity index is 1130. The smallest absolute Gasteiger partial charge is 0.265 e. The first-order valence-electron chi connectivity index (χ1n) is 9.62. The van der Waals surface area contributed by atoms with Crippen LogP contribution in [0.2, 0.25) is 0 Å². The first-order chi connectivity index (χ1) is 14.0. The van der Waals surface area contributed by atoms with Crippen molar-refractivity contribution < 1.29 is 22.5 Å². The van der Waals surface area contributed by atoms with Crippen LogP contribution in [0.3, 0.4) is 0 Å². The van der Waals surface area contributed by atoms with E-state index >= 15 is 0 Å². The zero-order valence-corrected chi connectivity index (χ0v) is 17.7. The highest BCUT2D eigenvalue weighted by Crippen LogP contribution is 2.25. The van der Waals surface area contributed by atoms with Crippen molar-refractivity contribution in [3.8, 4) is 5.75 Å². The lowest BCUT2D eigenvalue weighted by Gasteiger charge is -2.29. The third kappa shape index (κ3) is 5.78. The van der Waals surface area contributed by atoms with E-state index in [0.29, 0.717) is 13.0 Å². The number of imidazole rings is 1. The molecule has 0 fully saturated rings. The molecule has 1 heterocycles. The number of para-hydroxylation sites is 2. The highest BCUT2D eigenvalue weighted by atomic mass is 32.2. The maximum absolute atomic E-state index is 14.3. The number of phenolic OH excluding ortho intramolecular Hbond substituents is 1. The number of nitrogens with one attached hydrogen (secondary N) is 1. The fourth-order valence-corrected chi connectivity index (χ4v) is 4.24. The highest BCUT2D eigenvalue weighted by molar-refractivity contribution is 7.85. The van der Waals surface area contributed by atoms with Crippen molar-refractivity contribution >= 4 is 21.2 Å². The summed E-state index contributed by atoms with van der Waals surface area (Å²) in [5, 5.41) is 12.7. The molecule has 3 N–H and O–H groups in total. The first-order valence-corrected chi connectivity index (χ1v) is 11.2. The van der Waals surface area contributed by atoms with Crippen molar-refractivity contribution in [1.82, 2.24) is 14.9 Å². The molecule has 9 heteroatoms. The highest BCUT2D eigenvalue weighted by Gasteiger charge is 2.25. The van der Waals surface area contributed by atoms with Crippen molar-refractivity contribution in [2.24, 2.45) is 0 Å². The monoisotopic (exact) mass is 435 g/mol. The molecule has 0 bridgehead atoms. The van der Waals surface area contributed by atoms with Gasteiger partial charge in [-0.3, -0.25) is 4.55 Å². The Balaban J connectivity index is 1.70. The molecule has 0 aliphatic carbocycles. The Morgan fingerprint density at radius 1 is 1.23 bits per heavy atom. The molecular weight excluding hydrogens is 409 g/mol. The standard InChI is InChI=1S/C21H26FN3O4S/c1-21(2,9-10-25-14-23-19-5-3-4-6-20(19)25)24-12-15(13-30(27,28)29)17-8-7-16(26)11-18(17)22/h3-8,11,14-15,24,26H,9-10,12-13H2,1-2H3,(H,27,28,29). The molecule has 0 aliphatic rings. The number of benzene rings is 2. The Hall–Kier alpha value is -2.49. The van der Waals surface area contributed by atoms with Gasteiger partial charge in [0.15, 0.2) is 0 Å². The molecule has 0 saturated heterocycles. The zero-order valence-electron chi connectivity index (χ0n) is 16.9. The van der Waals surface area contributed by atoms with Gasteiger partial charge in [0.1, 0.15) is 11.6 Å². The van der Waals surface area contributed by atoms with E-state index in [9.17, 15) is 22.5 Å². The van der Waals surface area contributed by atoms with Crippen LogP contribution in [-0.2, 0) is 16.7 Å². The molecule has 1 atom stereocenters. The summed E-state index contributed by atoms with van der Waals surface area (Å²) in [5.41, 5.74) is 1.67. The molecule has 7 nitrogen and oxygen atoms in total. The maximum Gasteiger partial charge on any atom is 0.265 e. The molecule has 1 unspecified atom stereocenters. The molecule has 1 aromatic heterocycles. The van der Waals surface area contributed by atoms with Crippen LogP contribution in [0.1, 0.15) is 31.7 Å². The Morgan fingerprint density at radius 2 is 1.97 bits per heavy atom. The van der Waals surface area contributed by atoms with Gasteiger partial charge in [0.25, 0.3) is 10.1 Å². The van der Waals surface area contributed by atoms with Crippen LogP contribution < -0.4 is 5.32 Å². The molecule has 0 radical (unpaired) electrons. The average Bonchev–Trinajstić information content (AvgIpc) is 3.06. The van der Waals surface area contributed by atoms with Crippen molar-refractivity contribution in [3.63, 3.8) is 0 Å². The third-order valence-corrected chi connectivity index (χ3v) is 5.99. The summed E-state index contributed by atoms with van der Waals surface area (Å²) >= 11 is 0. The van der Waals surface area contributed by atoms with Gasteiger partial charge in [-0.2, -0.15) is 8.42 Å². The Labute approximate surface area is 175 Å². The van der Waals surface area contributed by atoms with Crippen molar-refractivity contribution in [1.29, 1.82) is 0 Å². The van der Waals surface area contributed by atoms with Gasteiger partial charge in [-0.05, 0) is 44.0 Å². The number of aromatic hydroxyl groups is 1. The summed E-state index contributed by atoms with van der Waals surface area (Å²) in [6.07, 6.45) is 2.50. The van der Waals surface area contributed by atoms with Gasteiger partial charge < -0.3 is 15.0 Å². The van der Waals surface area contributed by atoms with Gasteiger partial charge in [0.05, 0.1) is 23.1 Å². The van der Waals surface area contributed by atoms with Gasteiger partial charge in [-0.15, -0.1) is 0 Å². The Morgan fingerprint density at radius 3 is 2.67 bits per heavy atom. The molecular formula is C21H26FN3O4S. The van der Waals surface area contributed by atoms with E-state index in [1.165, 1.54) is 12.1 Å². The van der Waals surface area contributed by atoms with E-state index in [-0.39, 0.29) is 17.9 Å². The summed E-state index contributed by atoms with van der Waals surface area (Å²) in [5.74, 6) is -2.39. The van der Waals surface area contributed by atoms with Gasteiger partial charge in [-0.1, -0.05) is 18.2 Å². The fourth-order valence-electron chi connectivity index (χ4n) is 3.44. The van der Waals surface area contributed by atoms with Gasteiger partial charge in [-0.25, -0.2) is 9.37 Å². The predicted molar refractivity (Wildman–Crippen MR) is 114 cm³/mol. The minimum atomic E-state index is -4.32. The van der Waals surface area contributed by atoms with Crippen molar-refractivity contribution in [2.75, 3.05) is 12.3 Å². The quantitative estimate of drug-likeness (QED) is 0.446. The normalized spacial score (nSPS) is 13.6. The summed E-state index contributed by atoms with van der Waals surface area (Å²) < 4.78 is 48.6. The van der Waals surface area contributed by atoms with E-state index in [1.807, 2.05) is 42.7 Å². The average molecular weight is 436 g/mol. The van der Waals surface area contributed by atoms with Gasteiger partial charge >= 0.3 is 0 Å². The van der Waals surface area contributed by atoms with Crippen LogP contribution in [0.25, 0.3) is 11.0 Å². The van der Waals surface area contributed by atoms with Crippen LogP contribution in [-0.4, -0.2) is 45.5 Å². The van der Waals surface area contributed by atoms with Crippen molar-refractivity contribution in [3.05, 3.63) is 60.2 Å². The summed E-state index contributed by atoms with van der Waals surface area (Å²) in [7, 11) is -4.32. The maximum atomic E-state index is 14.3. The number of phenols is 1. The van der Waals surface area contributed by atoms with Gasteiger partial charge in [0.2, 0.25) is 0 Å². The Kier molecular flexibility index (Phi) is 6.44. The molecule has 30 heavy (non-hydrogen) atoms. The second-order valence-electron chi connectivity index (χ2n) is 8.09.